The number of imide groups is 1. The lowest BCUT2D eigenvalue weighted by molar-refractivity contribution is -0.130. The molecule has 0 bridgehead atoms. The van der Waals surface area contributed by atoms with Crippen LogP contribution in [0, 0.1) is 5.82 Å². The summed E-state index contributed by atoms with van der Waals surface area (Å²) in [6, 6.07) is 10.8. The van der Waals surface area contributed by atoms with Crippen molar-refractivity contribution in [2.75, 3.05) is 29.9 Å². The quantitative estimate of drug-likeness (QED) is 0.723. The summed E-state index contributed by atoms with van der Waals surface area (Å²) in [5, 5.41) is 5.63. The molecule has 0 radical (unpaired) electrons. The number of hydrogen-bond acceptors (Lipinski definition) is 4. The number of nitrogens with zero attached hydrogens (tertiary/aromatic N) is 2. The predicted octanol–water partition coefficient (Wildman–Crippen LogP) is 3.16. The summed E-state index contributed by atoms with van der Waals surface area (Å²) in [4.78, 5) is 40.6. The number of hydrogen-bond donors (Lipinski definition) is 2. The average Bonchev–Trinajstić information content (AvgIpc) is 2.93. The van der Waals surface area contributed by atoms with Crippen molar-refractivity contribution in [1.29, 1.82) is 0 Å². The van der Waals surface area contributed by atoms with E-state index in [9.17, 15) is 18.8 Å². The second-order valence-electron chi connectivity index (χ2n) is 8.37. The van der Waals surface area contributed by atoms with Gasteiger partial charge in [0.25, 0.3) is 11.8 Å². The van der Waals surface area contributed by atoms with E-state index >= 15 is 0 Å². The monoisotopic (exact) mass is 424 g/mol. The maximum atomic E-state index is 13.1. The van der Waals surface area contributed by atoms with Gasteiger partial charge in [-0.25, -0.2) is 9.18 Å². The highest BCUT2D eigenvalue weighted by Gasteiger charge is 2.44. The third-order valence-electron chi connectivity index (χ3n) is 5.74. The smallest absolute Gasteiger partial charge is 0.325 e. The first kappa shape index (κ1) is 20.8. The normalized spacial score (nSPS) is 17.4. The molecule has 0 saturated carbocycles. The van der Waals surface area contributed by atoms with Crippen LogP contribution < -0.4 is 15.5 Å². The number of carbonyl (C=O) groups is 3. The maximum Gasteiger partial charge on any atom is 0.325 e. The molecule has 8 heteroatoms. The summed E-state index contributed by atoms with van der Waals surface area (Å²) < 4.78 is 13.1. The summed E-state index contributed by atoms with van der Waals surface area (Å²) in [6.45, 7) is 4.99. The first-order valence-corrected chi connectivity index (χ1v) is 10.3. The van der Waals surface area contributed by atoms with E-state index in [-0.39, 0.29) is 17.8 Å². The van der Waals surface area contributed by atoms with Gasteiger partial charge in [-0.15, -0.1) is 0 Å². The van der Waals surface area contributed by atoms with E-state index in [1.54, 1.807) is 13.8 Å². The summed E-state index contributed by atoms with van der Waals surface area (Å²) >= 11 is 0. The second-order valence-corrected chi connectivity index (χ2v) is 8.37. The zero-order chi connectivity index (χ0) is 22.2. The highest BCUT2D eigenvalue weighted by atomic mass is 19.1. The molecule has 4 rings (SSSR count). The topological polar surface area (TPSA) is 81.8 Å². The SMILES string of the molecule is CC1(C)NC(=O)N(CCN2CCCc3c(NC(=O)c4ccc(F)cc4)cccc32)C1=O. The molecule has 31 heavy (non-hydrogen) atoms. The van der Waals surface area contributed by atoms with Gasteiger partial charge in [-0.05, 0) is 68.7 Å². The summed E-state index contributed by atoms with van der Waals surface area (Å²) in [5.41, 5.74) is 2.21. The Hall–Kier alpha value is -3.42. The largest absolute Gasteiger partial charge is 0.369 e. The molecule has 0 spiro atoms. The van der Waals surface area contributed by atoms with Crippen molar-refractivity contribution < 1.29 is 18.8 Å². The van der Waals surface area contributed by atoms with Crippen LogP contribution >= 0.6 is 0 Å². The number of nitrogens with one attached hydrogen (secondary N) is 2. The van der Waals surface area contributed by atoms with Gasteiger partial charge < -0.3 is 15.5 Å². The molecule has 0 aromatic heterocycles. The molecule has 1 saturated heterocycles. The van der Waals surface area contributed by atoms with Crippen molar-refractivity contribution in [2.24, 2.45) is 0 Å². The molecule has 162 valence electrons. The van der Waals surface area contributed by atoms with Crippen LogP contribution in [-0.2, 0) is 11.2 Å². The molecule has 2 aliphatic rings. The Bertz CT molecular complexity index is 1040. The summed E-state index contributed by atoms with van der Waals surface area (Å²) in [7, 11) is 0. The molecule has 2 aliphatic heterocycles. The Balaban J connectivity index is 1.49. The van der Waals surface area contributed by atoms with Crippen LogP contribution in [-0.4, -0.2) is 47.9 Å². The van der Waals surface area contributed by atoms with Crippen molar-refractivity contribution in [2.45, 2.75) is 32.2 Å². The van der Waals surface area contributed by atoms with Crippen molar-refractivity contribution in [3.63, 3.8) is 0 Å². The number of benzene rings is 2. The summed E-state index contributed by atoms with van der Waals surface area (Å²) in [5.74, 6) is -0.917. The van der Waals surface area contributed by atoms with Gasteiger partial charge in [0, 0.05) is 36.6 Å². The third kappa shape index (κ3) is 4.10. The third-order valence-corrected chi connectivity index (χ3v) is 5.74. The first-order valence-electron chi connectivity index (χ1n) is 10.3. The molecule has 0 aliphatic carbocycles. The molecule has 2 aromatic rings. The first-order chi connectivity index (χ1) is 14.8. The number of fused-ring (bicyclic) bond motifs is 1. The minimum atomic E-state index is -0.880. The van der Waals surface area contributed by atoms with Gasteiger partial charge in [0.2, 0.25) is 0 Å². The van der Waals surface area contributed by atoms with Crippen molar-refractivity contribution in [3.8, 4) is 0 Å². The standard InChI is InChI=1S/C23H25FN4O3/c1-23(2)21(30)28(22(31)26-23)14-13-27-12-4-5-17-18(6-3-7-19(17)27)25-20(29)15-8-10-16(24)11-9-15/h3,6-11H,4-5,12-14H2,1-2H3,(H,25,29)(H,26,31). The van der Waals surface area contributed by atoms with Crippen molar-refractivity contribution in [3.05, 3.63) is 59.4 Å². The lowest BCUT2D eigenvalue weighted by Crippen LogP contribution is -2.42. The van der Waals surface area contributed by atoms with Gasteiger partial charge in [0.1, 0.15) is 11.4 Å². The molecule has 1 fully saturated rings. The summed E-state index contributed by atoms with van der Waals surface area (Å²) in [6.07, 6.45) is 1.70. The Morgan fingerprint density at radius 2 is 1.87 bits per heavy atom. The van der Waals surface area contributed by atoms with E-state index < -0.39 is 11.4 Å². The molecule has 0 atom stereocenters. The van der Waals surface area contributed by atoms with Crippen LogP contribution in [0.4, 0.5) is 20.6 Å². The van der Waals surface area contributed by atoms with Gasteiger partial charge in [0.05, 0.1) is 0 Å². The lowest BCUT2D eigenvalue weighted by Gasteiger charge is -2.33. The Labute approximate surface area is 180 Å². The molecule has 2 heterocycles. The predicted molar refractivity (Wildman–Crippen MR) is 116 cm³/mol. The van der Waals surface area contributed by atoms with E-state index in [1.807, 2.05) is 18.2 Å². The van der Waals surface area contributed by atoms with Crippen molar-refractivity contribution >= 4 is 29.2 Å². The van der Waals surface area contributed by atoms with E-state index in [0.29, 0.717) is 24.3 Å². The maximum absolute atomic E-state index is 13.1. The van der Waals surface area contributed by atoms with Crippen LogP contribution in [0.25, 0.3) is 0 Å². The molecule has 2 N–H and O–H groups in total. The number of urea groups is 1. The van der Waals surface area contributed by atoms with E-state index in [0.717, 1.165) is 30.6 Å². The lowest BCUT2D eigenvalue weighted by atomic mass is 9.99. The Kier molecular flexibility index (Phi) is 5.39. The van der Waals surface area contributed by atoms with Gasteiger partial charge in [0.15, 0.2) is 0 Å². The van der Waals surface area contributed by atoms with Crippen LogP contribution in [0.15, 0.2) is 42.5 Å². The number of rotatable bonds is 5. The minimum absolute atomic E-state index is 0.227. The fourth-order valence-electron chi connectivity index (χ4n) is 4.09. The Morgan fingerprint density at radius 3 is 2.55 bits per heavy atom. The number of amides is 4. The van der Waals surface area contributed by atoms with Gasteiger partial charge in [-0.3, -0.25) is 14.5 Å². The zero-order valence-electron chi connectivity index (χ0n) is 17.6. The molecular formula is C23H25FN4O3. The van der Waals surface area contributed by atoms with Crippen molar-refractivity contribution in [1.82, 2.24) is 10.2 Å². The van der Waals surface area contributed by atoms with Gasteiger partial charge in [-0.1, -0.05) is 6.07 Å². The molecular weight excluding hydrogens is 399 g/mol. The highest BCUT2D eigenvalue weighted by Crippen LogP contribution is 2.33. The second kappa shape index (κ2) is 8.02. The molecule has 2 aromatic carbocycles. The van der Waals surface area contributed by atoms with Crippen LogP contribution in [0.5, 0.6) is 0 Å². The number of carbonyl (C=O) groups excluding carboxylic acids is 3. The minimum Gasteiger partial charge on any atom is -0.369 e. The molecule has 0 unspecified atom stereocenters. The number of halogens is 1. The number of anilines is 2. The van der Waals surface area contributed by atoms with E-state index in [4.69, 9.17) is 0 Å². The van der Waals surface area contributed by atoms with Gasteiger partial charge in [-0.2, -0.15) is 0 Å². The van der Waals surface area contributed by atoms with E-state index in [2.05, 4.69) is 15.5 Å². The van der Waals surface area contributed by atoms with Crippen LogP contribution in [0.2, 0.25) is 0 Å². The average molecular weight is 424 g/mol. The molecule has 7 nitrogen and oxygen atoms in total. The van der Waals surface area contributed by atoms with Crippen LogP contribution in [0.1, 0.15) is 36.2 Å². The zero-order valence-corrected chi connectivity index (χ0v) is 17.6. The molecule has 4 amide bonds. The Morgan fingerprint density at radius 1 is 1.13 bits per heavy atom. The fourth-order valence-corrected chi connectivity index (χ4v) is 4.09. The van der Waals surface area contributed by atoms with Gasteiger partial charge >= 0.3 is 6.03 Å². The van der Waals surface area contributed by atoms with E-state index in [1.165, 1.54) is 29.2 Å². The fraction of sp³-hybridized carbons (Fsp3) is 0.348. The highest BCUT2D eigenvalue weighted by molar-refractivity contribution is 6.06. The van der Waals surface area contributed by atoms with Crippen LogP contribution in [0.3, 0.4) is 0 Å².